The van der Waals surface area contributed by atoms with Gasteiger partial charge in [-0.3, -0.25) is 14.4 Å². The van der Waals surface area contributed by atoms with E-state index in [1.54, 1.807) is 19.0 Å². The molecule has 1 saturated heterocycles. The first-order valence-corrected chi connectivity index (χ1v) is 14.5. The average Bonchev–Trinajstić information content (AvgIpc) is 3.49. The van der Waals surface area contributed by atoms with Gasteiger partial charge in [-0.2, -0.15) is 0 Å². The van der Waals surface area contributed by atoms with Crippen LogP contribution in [-0.4, -0.2) is 94.9 Å². The lowest BCUT2D eigenvalue weighted by molar-refractivity contribution is -0.150. The number of rotatable bonds is 3. The molecule has 5 rings (SSSR count). The fraction of sp³-hybridized carbons (Fsp3) is 0.438. The lowest BCUT2D eigenvalue weighted by Gasteiger charge is -2.28. The molecule has 1 aromatic heterocycles. The number of aryl methyl sites for hydroxylation is 1. The molecule has 0 spiro atoms. The Labute approximate surface area is 251 Å². The fourth-order valence-corrected chi connectivity index (χ4v) is 5.97. The van der Waals surface area contributed by atoms with Crippen molar-refractivity contribution in [3.8, 4) is 5.75 Å². The number of fused-ring (bicyclic) bond motifs is 2. The SMILES string of the molecule is Cc1c2c3cc(ccc3n1C)OC[C@@H]1C[C@@H](N)CN1C(=O)CN(C)C(=O)CC[C@@H](C(=O)OCc1ccccc1)N(C)C2=O. The van der Waals surface area contributed by atoms with Crippen LogP contribution in [0.1, 0.15) is 40.9 Å². The highest BCUT2D eigenvalue weighted by Crippen LogP contribution is 2.31. The molecule has 3 atom stereocenters. The van der Waals surface area contributed by atoms with E-state index in [4.69, 9.17) is 15.2 Å². The largest absolute Gasteiger partial charge is 0.491 e. The van der Waals surface area contributed by atoms with Crippen LogP contribution in [0.3, 0.4) is 0 Å². The summed E-state index contributed by atoms with van der Waals surface area (Å²) in [6.45, 7) is 2.37. The van der Waals surface area contributed by atoms with Gasteiger partial charge in [-0.1, -0.05) is 30.3 Å². The predicted octanol–water partition coefficient (Wildman–Crippen LogP) is 2.23. The van der Waals surface area contributed by atoms with E-state index in [-0.39, 0.29) is 62.4 Å². The highest BCUT2D eigenvalue weighted by atomic mass is 16.5. The molecule has 228 valence electrons. The molecule has 2 N–H and O–H groups in total. The van der Waals surface area contributed by atoms with Crippen molar-refractivity contribution in [2.24, 2.45) is 12.8 Å². The van der Waals surface area contributed by atoms with Crippen LogP contribution in [0.15, 0.2) is 48.5 Å². The van der Waals surface area contributed by atoms with Crippen molar-refractivity contribution >= 4 is 34.6 Å². The van der Waals surface area contributed by atoms with Crippen LogP contribution < -0.4 is 10.5 Å². The Morgan fingerprint density at radius 3 is 2.53 bits per heavy atom. The molecule has 0 saturated carbocycles. The summed E-state index contributed by atoms with van der Waals surface area (Å²) in [6.07, 6.45) is 0.553. The van der Waals surface area contributed by atoms with Gasteiger partial charge >= 0.3 is 5.97 Å². The van der Waals surface area contributed by atoms with Crippen LogP contribution >= 0.6 is 0 Å². The minimum atomic E-state index is -1.03. The standard InChI is InChI=1S/C32H39N5O6/c1-20-30-25-15-24(10-11-26(25)35(20)3)42-19-23-14-22(33)16-37(23)29(39)17-34(2)28(38)13-12-27(36(4)31(30)40)32(41)43-18-21-8-6-5-7-9-21/h5-11,15,22-23,27H,12-14,16-19,33H2,1-4H3/t22-,23+,27+/m1/s1. The maximum atomic E-state index is 14.1. The van der Waals surface area contributed by atoms with E-state index in [0.29, 0.717) is 29.7 Å². The van der Waals surface area contributed by atoms with Crippen LogP contribution in [0.4, 0.5) is 0 Å². The Kier molecular flexibility index (Phi) is 8.72. The topological polar surface area (TPSA) is 127 Å². The quantitative estimate of drug-likeness (QED) is 0.464. The van der Waals surface area contributed by atoms with Gasteiger partial charge in [0.2, 0.25) is 11.8 Å². The molecule has 3 heterocycles. The summed E-state index contributed by atoms with van der Waals surface area (Å²) in [6, 6.07) is 13.3. The minimum absolute atomic E-state index is 0.0304. The Hall–Kier alpha value is -4.38. The van der Waals surface area contributed by atoms with E-state index < -0.39 is 12.0 Å². The van der Waals surface area contributed by atoms with Gasteiger partial charge in [0.1, 0.15) is 25.0 Å². The molecule has 2 aliphatic heterocycles. The molecule has 3 aromatic rings. The van der Waals surface area contributed by atoms with Gasteiger partial charge in [0.25, 0.3) is 5.91 Å². The first-order chi connectivity index (χ1) is 20.5. The second-order valence-electron chi connectivity index (χ2n) is 11.5. The van der Waals surface area contributed by atoms with Crippen LogP contribution in [0.5, 0.6) is 5.75 Å². The van der Waals surface area contributed by atoms with E-state index in [2.05, 4.69) is 0 Å². The van der Waals surface area contributed by atoms with Crippen molar-refractivity contribution in [1.82, 2.24) is 19.3 Å². The predicted molar refractivity (Wildman–Crippen MR) is 160 cm³/mol. The van der Waals surface area contributed by atoms with E-state index in [1.807, 2.05) is 67.1 Å². The van der Waals surface area contributed by atoms with Crippen LogP contribution in [0, 0.1) is 6.92 Å². The maximum absolute atomic E-state index is 14.1. The van der Waals surface area contributed by atoms with Gasteiger partial charge in [-0.05, 0) is 43.5 Å². The molecular weight excluding hydrogens is 550 g/mol. The molecule has 43 heavy (non-hydrogen) atoms. The van der Waals surface area contributed by atoms with E-state index in [0.717, 1.165) is 16.8 Å². The molecule has 3 amide bonds. The number of aromatic nitrogens is 1. The number of amides is 3. The number of esters is 1. The number of ether oxygens (including phenoxy) is 2. The van der Waals surface area contributed by atoms with Gasteiger partial charge < -0.3 is 34.5 Å². The first-order valence-electron chi connectivity index (χ1n) is 14.5. The summed E-state index contributed by atoms with van der Waals surface area (Å²) in [4.78, 5) is 58.4. The summed E-state index contributed by atoms with van der Waals surface area (Å²) in [7, 11) is 4.99. The molecule has 1 fully saturated rings. The normalized spacial score (nSPS) is 22.1. The fourth-order valence-electron chi connectivity index (χ4n) is 5.97. The number of likely N-dealkylation sites (N-methyl/N-ethyl adjacent to an activating group) is 2. The zero-order chi connectivity index (χ0) is 30.8. The Morgan fingerprint density at radius 2 is 1.79 bits per heavy atom. The molecule has 2 aliphatic rings. The van der Waals surface area contributed by atoms with Gasteiger partial charge in [0, 0.05) is 56.7 Å². The van der Waals surface area contributed by atoms with Crippen molar-refractivity contribution < 1.29 is 28.7 Å². The summed E-state index contributed by atoms with van der Waals surface area (Å²) in [5.74, 6) is -0.960. The molecular formula is C32H39N5O6. The molecule has 0 radical (unpaired) electrons. The number of carbonyl (C=O) groups is 4. The van der Waals surface area contributed by atoms with Crippen molar-refractivity contribution in [3.05, 3.63) is 65.4 Å². The second kappa shape index (κ2) is 12.5. The van der Waals surface area contributed by atoms with Gasteiger partial charge in [0.15, 0.2) is 0 Å². The van der Waals surface area contributed by atoms with Crippen molar-refractivity contribution in [3.63, 3.8) is 0 Å². The van der Waals surface area contributed by atoms with Crippen LogP contribution in [-0.2, 0) is 32.8 Å². The Morgan fingerprint density at radius 1 is 1.05 bits per heavy atom. The van der Waals surface area contributed by atoms with Crippen LogP contribution in [0.25, 0.3) is 10.9 Å². The van der Waals surface area contributed by atoms with Crippen molar-refractivity contribution in [2.75, 3.05) is 33.8 Å². The lowest BCUT2D eigenvalue weighted by atomic mass is 10.1. The Balaban J connectivity index is 1.51. The lowest BCUT2D eigenvalue weighted by Crippen LogP contribution is -2.46. The monoisotopic (exact) mass is 589 g/mol. The zero-order valence-corrected chi connectivity index (χ0v) is 25.1. The number of benzene rings is 2. The van der Waals surface area contributed by atoms with Gasteiger partial charge in [-0.25, -0.2) is 4.79 Å². The summed E-state index contributed by atoms with van der Waals surface area (Å²) >= 11 is 0. The summed E-state index contributed by atoms with van der Waals surface area (Å²) in [5, 5.41) is 0.682. The molecule has 2 aromatic carbocycles. The van der Waals surface area contributed by atoms with E-state index in [9.17, 15) is 19.2 Å². The highest BCUT2D eigenvalue weighted by Gasteiger charge is 2.36. The molecule has 2 bridgehead atoms. The number of carbonyl (C=O) groups excluding carboxylic acids is 4. The maximum Gasteiger partial charge on any atom is 0.329 e. The van der Waals surface area contributed by atoms with Gasteiger partial charge in [-0.15, -0.1) is 0 Å². The second-order valence-corrected chi connectivity index (χ2v) is 11.5. The first kappa shape index (κ1) is 30.1. The third kappa shape index (κ3) is 6.22. The van der Waals surface area contributed by atoms with E-state index in [1.165, 1.54) is 9.80 Å². The molecule has 0 unspecified atom stereocenters. The zero-order valence-electron chi connectivity index (χ0n) is 25.1. The number of nitrogens with zero attached hydrogens (tertiary/aromatic N) is 4. The van der Waals surface area contributed by atoms with Crippen molar-refractivity contribution in [2.45, 2.75) is 50.9 Å². The minimum Gasteiger partial charge on any atom is -0.491 e. The smallest absolute Gasteiger partial charge is 0.329 e. The summed E-state index contributed by atoms with van der Waals surface area (Å²) < 4.78 is 13.7. The third-order valence-corrected chi connectivity index (χ3v) is 8.60. The van der Waals surface area contributed by atoms with Crippen LogP contribution in [0.2, 0.25) is 0 Å². The number of nitrogens with two attached hydrogens (primary N) is 1. The molecule has 11 nitrogen and oxygen atoms in total. The van der Waals surface area contributed by atoms with Gasteiger partial charge in [0.05, 0.1) is 18.2 Å². The van der Waals surface area contributed by atoms with E-state index >= 15 is 0 Å². The Bertz CT molecular complexity index is 1540. The third-order valence-electron chi connectivity index (χ3n) is 8.60. The molecule has 0 aliphatic carbocycles. The van der Waals surface area contributed by atoms with Crippen molar-refractivity contribution in [1.29, 1.82) is 0 Å². The highest BCUT2D eigenvalue weighted by molar-refractivity contribution is 6.09. The number of hydrogen-bond acceptors (Lipinski definition) is 7. The summed E-state index contributed by atoms with van der Waals surface area (Å²) in [5.41, 5.74) is 9.03. The number of hydrogen-bond donors (Lipinski definition) is 1. The molecule has 11 heteroatoms. The average molecular weight is 590 g/mol.